The van der Waals surface area contributed by atoms with E-state index in [9.17, 15) is 4.79 Å². The number of carbonyl (C=O) groups excluding carboxylic acids is 1. The minimum atomic E-state index is -0.117. The summed E-state index contributed by atoms with van der Waals surface area (Å²) in [5.41, 5.74) is 3.06. The van der Waals surface area contributed by atoms with E-state index in [1.54, 1.807) is 23.3 Å². The largest absolute Gasteiger partial charge is 0.334 e. The van der Waals surface area contributed by atoms with Gasteiger partial charge in [-0.1, -0.05) is 18.2 Å². The van der Waals surface area contributed by atoms with E-state index >= 15 is 0 Å². The molecule has 0 fully saturated rings. The average Bonchev–Trinajstić information content (AvgIpc) is 3.35. The van der Waals surface area contributed by atoms with Gasteiger partial charge in [-0.05, 0) is 42.5 Å². The molecule has 0 unspecified atom stereocenters. The molecule has 2 aromatic heterocycles. The molecule has 8 nitrogen and oxygen atoms in total. The van der Waals surface area contributed by atoms with E-state index < -0.39 is 0 Å². The van der Waals surface area contributed by atoms with Gasteiger partial charge < -0.3 is 10.2 Å². The molecule has 0 aliphatic heterocycles. The van der Waals surface area contributed by atoms with Gasteiger partial charge in [-0.15, -0.1) is 21.5 Å². The van der Waals surface area contributed by atoms with E-state index in [1.165, 1.54) is 23.4 Å². The first-order valence-electron chi connectivity index (χ1n) is 8.98. The molecule has 4 rings (SSSR count). The van der Waals surface area contributed by atoms with E-state index in [-0.39, 0.29) is 6.03 Å². The first-order chi connectivity index (χ1) is 13.2. The number of amides is 2. The fourth-order valence-electron chi connectivity index (χ4n) is 3.16. The summed E-state index contributed by atoms with van der Waals surface area (Å²) in [5.74, 6) is 0.535. The maximum absolute atomic E-state index is 12.4. The molecular weight excluding hydrogens is 362 g/mol. The van der Waals surface area contributed by atoms with Crippen molar-refractivity contribution in [1.82, 2.24) is 35.8 Å². The van der Waals surface area contributed by atoms with Gasteiger partial charge in [0.1, 0.15) is 5.01 Å². The number of aromatic nitrogens is 5. The van der Waals surface area contributed by atoms with Crippen molar-refractivity contribution in [3.8, 4) is 11.4 Å². The van der Waals surface area contributed by atoms with Crippen molar-refractivity contribution >= 4 is 17.4 Å². The number of hydrogen-bond donors (Lipinski definition) is 2. The van der Waals surface area contributed by atoms with Gasteiger partial charge in [-0.3, -0.25) is 0 Å². The number of benzene rings is 1. The Morgan fingerprint density at radius 2 is 2.22 bits per heavy atom. The fraction of sp³-hybridized carbons (Fsp3) is 0.389. The first-order valence-corrected chi connectivity index (χ1v) is 9.80. The minimum Gasteiger partial charge on any atom is -0.334 e. The lowest BCUT2D eigenvalue weighted by Crippen LogP contribution is -2.36. The molecule has 0 radical (unpaired) electrons. The molecule has 2 heterocycles. The molecule has 0 saturated carbocycles. The second-order valence-corrected chi connectivity index (χ2v) is 7.80. The second kappa shape index (κ2) is 7.83. The molecule has 3 aromatic rings. The summed E-state index contributed by atoms with van der Waals surface area (Å²) >= 11 is 1.74. The van der Waals surface area contributed by atoms with Crippen LogP contribution in [0.3, 0.4) is 0 Å². The Morgan fingerprint density at radius 1 is 1.33 bits per heavy atom. The third-order valence-electron chi connectivity index (χ3n) is 4.58. The van der Waals surface area contributed by atoms with Crippen LogP contribution in [0.25, 0.3) is 11.4 Å². The lowest BCUT2D eigenvalue weighted by Gasteiger charge is -2.16. The molecule has 2 N–H and O–H groups in total. The van der Waals surface area contributed by atoms with E-state index in [4.69, 9.17) is 4.98 Å². The van der Waals surface area contributed by atoms with Crippen LogP contribution in [0.5, 0.6) is 0 Å². The van der Waals surface area contributed by atoms with Crippen molar-refractivity contribution in [2.45, 2.75) is 38.8 Å². The van der Waals surface area contributed by atoms with E-state index in [2.05, 4.69) is 25.9 Å². The summed E-state index contributed by atoms with van der Waals surface area (Å²) in [6.45, 7) is 0.968. The molecule has 1 aliphatic rings. The third-order valence-corrected chi connectivity index (χ3v) is 5.73. The van der Waals surface area contributed by atoms with Gasteiger partial charge in [-0.2, -0.15) is 5.21 Å². The van der Waals surface area contributed by atoms with E-state index in [0.717, 1.165) is 29.0 Å². The number of aryl methyl sites for hydroxylation is 2. The number of aromatic amines is 1. The van der Waals surface area contributed by atoms with Crippen molar-refractivity contribution in [2.24, 2.45) is 0 Å². The highest BCUT2D eigenvalue weighted by molar-refractivity contribution is 7.11. The fourth-order valence-corrected chi connectivity index (χ4v) is 4.38. The van der Waals surface area contributed by atoms with Crippen LogP contribution in [-0.4, -0.2) is 43.6 Å². The van der Waals surface area contributed by atoms with Crippen LogP contribution in [0.2, 0.25) is 0 Å². The number of nitrogens with zero attached hydrogens (tertiary/aromatic N) is 5. The van der Waals surface area contributed by atoms with Crippen molar-refractivity contribution in [1.29, 1.82) is 0 Å². The highest BCUT2D eigenvalue weighted by Crippen LogP contribution is 2.27. The van der Waals surface area contributed by atoms with Gasteiger partial charge in [0.25, 0.3) is 0 Å². The maximum Gasteiger partial charge on any atom is 0.317 e. The number of thiazole rings is 1. The predicted molar refractivity (Wildman–Crippen MR) is 102 cm³/mol. The van der Waals surface area contributed by atoms with Crippen molar-refractivity contribution in [2.75, 3.05) is 7.05 Å². The van der Waals surface area contributed by atoms with E-state index in [0.29, 0.717) is 18.9 Å². The Morgan fingerprint density at radius 3 is 3.04 bits per heavy atom. The minimum absolute atomic E-state index is 0.117. The Balaban J connectivity index is 1.33. The predicted octanol–water partition coefficient (Wildman–Crippen LogP) is 2.54. The highest BCUT2D eigenvalue weighted by atomic mass is 32.1. The van der Waals surface area contributed by atoms with Crippen LogP contribution in [0, 0.1) is 0 Å². The molecular formula is C18H21N7OS. The monoisotopic (exact) mass is 383 g/mol. The van der Waals surface area contributed by atoms with Gasteiger partial charge in [0.05, 0.1) is 12.2 Å². The van der Waals surface area contributed by atoms with Gasteiger partial charge in [0.2, 0.25) is 5.82 Å². The zero-order valence-corrected chi connectivity index (χ0v) is 15.9. The Labute approximate surface area is 161 Å². The number of carbonyl (C=O) groups is 1. The van der Waals surface area contributed by atoms with Gasteiger partial charge >= 0.3 is 6.03 Å². The van der Waals surface area contributed by atoms with Gasteiger partial charge in [0.15, 0.2) is 0 Å². The molecule has 140 valence electrons. The number of urea groups is 1. The number of fused-ring (bicyclic) bond motifs is 1. The first kappa shape index (κ1) is 17.6. The molecule has 0 bridgehead atoms. The van der Waals surface area contributed by atoms with Crippen molar-refractivity contribution < 1.29 is 4.79 Å². The molecule has 1 aromatic carbocycles. The average molecular weight is 383 g/mol. The van der Waals surface area contributed by atoms with Crippen LogP contribution >= 0.6 is 11.3 Å². The normalized spacial score (nSPS) is 13.2. The Hall–Kier alpha value is -2.81. The van der Waals surface area contributed by atoms with Crippen LogP contribution in [0.1, 0.15) is 34.0 Å². The SMILES string of the molecule is CN(Cc1nc2c(s1)CCCC2)C(=O)NCc1cccc(-c2nn[nH]n2)c1. The second-order valence-electron chi connectivity index (χ2n) is 6.64. The number of tetrazole rings is 1. The number of nitrogens with one attached hydrogen (secondary N) is 2. The summed E-state index contributed by atoms with van der Waals surface area (Å²) in [5, 5.41) is 17.9. The highest BCUT2D eigenvalue weighted by Gasteiger charge is 2.17. The topological polar surface area (TPSA) is 99.7 Å². The number of hydrogen-bond acceptors (Lipinski definition) is 6. The third kappa shape index (κ3) is 4.13. The lowest BCUT2D eigenvalue weighted by molar-refractivity contribution is 0.206. The molecule has 0 atom stereocenters. The Bertz CT molecular complexity index is 898. The van der Waals surface area contributed by atoms with Crippen LogP contribution < -0.4 is 5.32 Å². The van der Waals surface area contributed by atoms with E-state index in [1.807, 2.05) is 24.3 Å². The van der Waals surface area contributed by atoms with Gasteiger partial charge in [0, 0.05) is 24.0 Å². The zero-order valence-electron chi connectivity index (χ0n) is 15.1. The van der Waals surface area contributed by atoms with Crippen LogP contribution in [0.15, 0.2) is 24.3 Å². The van der Waals surface area contributed by atoms with Crippen molar-refractivity contribution in [3.05, 3.63) is 45.4 Å². The van der Waals surface area contributed by atoms with Crippen molar-refractivity contribution in [3.63, 3.8) is 0 Å². The quantitative estimate of drug-likeness (QED) is 0.705. The number of H-pyrrole nitrogens is 1. The molecule has 9 heteroatoms. The summed E-state index contributed by atoms with van der Waals surface area (Å²) in [4.78, 5) is 20.2. The summed E-state index contributed by atoms with van der Waals surface area (Å²) < 4.78 is 0. The summed E-state index contributed by atoms with van der Waals surface area (Å²) in [6, 6.07) is 7.61. The van der Waals surface area contributed by atoms with Gasteiger partial charge in [-0.25, -0.2) is 9.78 Å². The molecule has 1 aliphatic carbocycles. The summed E-state index contributed by atoms with van der Waals surface area (Å²) in [7, 11) is 1.80. The molecule has 0 saturated heterocycles. The molecule has 27 heavy (non-hydrogen) atoms. The molecule has 2 amide bonds. The molecule has 0 spiro atoms. The summed E-state index contributed by atoms with van der Waals surface area (Å²) in [6.07, 6.45) is 4.65. The zero-order chi connectivity index (χ0) is 18.6. The van der Waals surface area contributed by atoms with Crippen LogP contribution in [-0.2, 0) is 25.9 Å². The lowest BCUT2D eigenvalue weighted by atomic mass is 10.0. The maximum atomic E-state index is 12.4. The number of rotatable bonds is 5. The van der Waals surface area contributed by atoms with Crippen LogP contribution in [0.4, 0.5) is 4.79 Å². The standard InChI is InChI=1S/C18H21N7OS/c1-25(11-16-20-14-7-2-3-8-15(14)27-16)18(26)19-10-12-5-4-6-13(9-12)17-21-23-24-22-17/h4-6,9H,2-3,7-8,10-11H2,1H3,(H,19,26)(H,21,22,23,24). The smallest absolute Gasteiger partial charge is 0.317 e. The Kier molecular flexibility index (Phi) is 5.10.